The van der Waals surface area contributed by atoms with E-state index in [-0.39, 0.29) is 6.61 Å². The van der Waals surface area contributed by atoms with Crippen molar-refractivity contribution in [2.45, 2.75) is 123 Å². The lowest BCUT2D eigenvalue weighted by molar-refractivity contribution is -0.000820. The fourth-order valence-corrected chi connectivity index (χ4v) is 12.6. The van der Waals surface area contributed by atoms with Crippen LogP contribution in [0, 0.1) is 23.7 Å². The van der Waals surface area contributed by atoms with Crippen LogP contribution in [0.4, 0.5) is 0 Å². The molecule has 0 fully saturated rings. The van der Waals surface area contributed by atoms with Crippen LogP contribution in [-0.2, 0) is 18.6 Å². The van der Waals surface area contributed by atoms with E-state index >= 15 is 0 Å². The number of aromatic nitrogens is 2. The van der Waals surface area contributed by atoms with Crippen LogP contribution in [0.2, 0.25) is 0 Å². The summed E-state index contributed by atoms with van der Waals surface area (Å²) >= 11 is 7.47. The Labute approximate surface area is 480 Å². The van der Waals surface area contributed by atoms with Gasteiger partial charge in [0.25, 0.3) is 0 Å². The lowest BCUT2D eigenvalue weighted by Gasteiger charge is -2.40. The van der Waals surface area contributed by atoms with Crippen molar-refractivity contribution in [1.29, 1.82) is 0 Å². The number of benzene rings is 7. The van der Waals surface area contributed by atoms with Crippen LogP contribution in [0.25, 0.3) is 32.6 Å². The Morgan fingerprint density at radius 3 is 1.65 bits per heavy atom. The highest BCUT2D eigenvalue weighted by Gasteiger charge is 2.44. The fourth-order valence-electron chi connectivity index (χ4n) is 11.8. The topological polar surface area (TPSA) is 84.7 Å². The third-order valence-corrected chi connectivity index (χ3v) is 18.4. The number of aryl methyl sites for hydroxylation is 1. The number of hydrogen-bond acceptors (Lipinski definition) is 6. The second-order valence-electron chi connectivity index (χ2n) is 22.3. The molecule has 0 radical (unpaired) electrons. The van der Waals surface area contributed by atoms with Gasteiger partial charge in [0.1, 0.15) is 12.2 Å². The van der Waals surface area contributed by atoms with Crippen molar-refractivity contribution in [2.24, 2.45) is 23.7 Å². The number of fused-ring (bicyclic) bond motifs is 3. The molecule has 0 saturated carbocycles. The summed E-state index contributed by atoms with van der Waals surface area (Å²) < 4.78 is 15.1. The van der Waals surface area contributed by atoms with E-state index in [9.17, 15) is 10.2 Å². The standard InChI is InChI=1S/C70H76Br2N2O4/c1-8-46(3)48(5)35-38-69(75,39-37-50-19-12-10-13-20-50)65(60-43-55-41-57(71)31-33-63(55)73-67(60)77-7)54-29-27-51(28-30-54)45-78-68-61(44-56-42-58(72)32-34-64(56)74-68)66(53-22-14-11-15-23-53)70(76,40-36-49(6)47(4)9-2)62-26-18-24-52-21-16-17-25-59(52)62/h10-34,41-44,46-49,65-66,75-76H,8-9,35-40,45H2,1-7H3. The second kappa shape index (κ2) is 25.5. The van der Waals surface area contributed by atoms with E-state index in [1.807, 2.05) is 36.4 Å². The zero-order valence-corrected chi connectivity index (χ0v) is 49.6. The molecule has 0 saturated heterocycles. The summed E-state index contributed by atoms with van der Waals surface area (Å²) in [6.45, 7) is 14.0. The molecule has 0 bridgehead atoms. The van der Waals surface area contributed by atoms with Crippen LogP contribution >= 0.6 is 31.9 Å². The molecule has 0 spiro atoms. The molecule has 404 valence electrons. The highest BCUT2D eigenvalue weighted by molar-refractivity contribution is 9.10. The van der Waals surface area contributed by atoms with Gasteiger partial charge in [-0.15, -0.1) is 0 Å². The second-order valence-corrected chi connectivity index (χ2v) is 24.1. The predicted molar refractivity (Wildman–Crippen MR) is 330 cm³/mol. The number of methoxy groups -OCH3 is 1. The van der Waals surface area contributed by atoms with Crippen LogP contribution in [0.3, 0.4) is 0 Å². The third kappa shape index (κ3) is 12.7. The van der Waals surface area contributed by atoms with Crippen molar-refractivity contribution in [1.82, 2.24) is 9.97 Å². The van der Waals surface area contributed by atoms with Crippen LogP contribution in [-0.4, -0.2) is 32.9 Å². The van der Waals surface area contributed by atoms with Crippen LogP contribution < -0.4 is 9.47 Å². The average molecular weight is 1170 g/mol. The van der Waals surface area contributed by atoms with Crippen molar-refractivity contribution < 1.29 is 19.7 Å². The summed E-state index contributed by atoms with van der Waals surface area (Å²) in [6, 6.07) is 60.7. The van der Waals surface area contributed by atoms with Gasteiger partial charge in [-0.2, -0.15) is 0 Å². The predicted octanol–water partition coefficient (Wildman–Crippen LogP) is 18.5. The number of rotatable bonds is 24. The summed E-state index contributed by atoms with van der Waals surface area (Å²) in [5, 5.41) is 31.8. The van der Waals surface area contributed by atoms with E-state index in [4.69, 9.17) is 19.4 Å². The van der Waals surface area contributed by atoms with Gasteiger partial charge in [-0.25, -0.2) is 9.97 Å². The molecule has 0 amide bonds. The quantitative estimate of drug-likeness (QED) is 0.0627. The number of ether oxygens (including phenoxy) is 2. The molecular weight excluding hydrogens is 1090 g/mol. The van der Waals surface area contributed by atoms with Crippen molar-refractivity contribution in [2.75, 3.05) is 7.11 Å². The van der Waals surface area contributed by atoms with Crippen LogP contribution in [0.15, 0.2) is 185 Å². The summed E-state index contributed by atoms with van der Waals surface area (Å²) in [4.78, 5) is 10.4. The van der Waals surface area contributed by atoms with Crippen molar-refractivity contribution >= 4 is 64.4 Å². The molecule has 2 heterocycles. The molecule has 78 heavy (non-hydrogen) atoms. The summed E-state index contributed by atoms with van der Waals surface area (Å²) in [6.07, 6.45) is 6.20. The maximum Gasteiger partial charge on any atom is 0.218 e. The monoisotopic (exact) mass is 1170 g/mol. The Kier molecular flexibility index (Phi) is 18.6. The first kappa shape index (κ1) is 56.8. The largest absolute Gasteiger partial charge is 0.481 e. The molecule has 0 aliphatic heterocycles. The molecule has 7 aromatic carbocycles. The van der Waals surface area contributed by atoms with E-state index in [2.05, 4.69) is 213 Å². The Morgan fingerprint density at radius 2 is 1.04 bits per heavy atom. The van der Waals surface area contributed by atoms with Gasteiger partial charge in [0.2, 0.25) is 11.8 Å². The molecule has 0 aliphatic carbocycles. The maximum atomic E-state index is 14.1. The van der Waals surface area contributed by atoms with Crippen LogP contribution in [0.5, 0.6) is 11.8 Å². The van der Waals surface area contributed by atoms with E-state index in [1.54, 1.807) is 7.11 Å². The summed E-state index contributed by atoms with van der Waals surface area (Å²) in [5.41, 5.74) is 5.68. The Morgan fingerprint density at radius 1 is 0.500 bits per heavy atom. The number of halogens is 2. The van der Waals surface area contributed by atoms with Gasteiger partial charge in [0.15, 0.2) is 0 Å². The smallest absolute Gasteiger partial charge is 0.218 e. The first-order chi connectivity index (χ1) is 37.7. The first-order valence-electron chi connectivity index (χ1n) is 28.2. The first-order valence-corrected chi connectivity index (χ1v) is 29.8. The summed E-state index contributed by atoms with van der Waals surface area (Å²) in [5.74, 6) is 1.73. The molecule has 6 nitrogen and oxygen atoms in total. The minimum absolute atomic E-state index is 0.214. The lowest BCUT2D eigenvalue weighted by atomic mass is 9.69. The highest BCUT2D eigenvalue weighted by atomic mass is 79.9. The third-order valence-electron chi connectivity index (χ3n) is 17.4. The highest BCUT2D eigenvalue weighted by Crippen LogP contribution is 2.51. The van der Waals surface area contributed by atoms with E-state index in [0.717, 1.165) is 101 Å². The van der Waals surface area contributed by atoms with Gasteiger partial charge in [-0.05, 0) is 149 Å². The van der Waals surface area contributed by atoms with E-state index in [0.29, 0.717) is 61.1 Å². The van der Waals surface area contributed by atoms with Crippen LogP contribution in [0.1, 0.15) is 137 Å². The average Bonchev–Trinajstić information content (AvgIpc) is 3.61. The fraction of sp³-hybridized carbons (Fsp3) is 0.343. The van der Waals surface area contributed by atoms with Crippen molar-refractivity contribution in [3.63, 3.8) is 0 Å². The Balaban J connectivity index is 1.15. The normalized spacial score (nSPS) is 15.7. The number of hydrogen-bond donors (Lipinski definition) is 2. The van der Waals surface area contributed by atoms with Gasteiger partial charge in [-0.1, -0.05) is 214 Å². The number of aliphatic hydroxyl groups is 2. The minimum Gasteiger partial charge on any atom is -0.481 e. The zero-order valence-electron chi connectivity index (χ0n) is 46.4. The molecule has 2 aromatic heterocycles. The van der Waals surface area contributed by atoms with Gasteiger partial charge < -0.3 is 19.7 Å². The molecule has 8 unspecified atom stereocenters. The Bertz CT molecular complexity index is 3420. The summed E-state index contributed by atoms with van der Waals surface area (Å²) in [7, 11) is 1.68. The van der Waals surface area contributed by atoms with E-state index < -0.39 is 23.0 Å². The molecule has 0 aliphatic rings. The van der Waals surface area contributed by atoms with Gasteiger partial charge in [0.05, 0.1) is 23.7 Å². The number of pyridine rings is 2. The maximum absolute atomic E-state index is 14.1. The molecule has 9 aromatic rings. The Hall–Kier alpha value is -5.90. The van der Waals surface area contributed by atoms with Gasteiger partial charge in [0, 0.05) is 42.7 Å². The molecule has 8 atom stereocenters. The van der Waals surface area contributed by atoms with Crippen molar-refractivity contribution in [3.8, 4) is 11.8 Å². The molecule has 9 rings (SSSR count). The molecular formula is C70H76Br2N2O4. The van der Waals surface area contributed by atoms with Crippen molar-refractivity contribution in [3.05, 3.63) is 224 Å². The number of nitrogens with zero attached hydrogens (tertiary/aromatic N) is 2. The lowest BCUT2D eigenvalue weighted by Crippen LogP contribution is -2.39. The van der Waals surface area contributed by atoms with Gasteiger partial charge in [-0.3, -0.25) is 0 Å². The zero-order chi connectivity index (χ0) is 55.0. The molecule has 2 N–H and O–H groups in total. The molecule has 8 heteroatoms. The SMILES string of the molecule is CCC(C)C(C)CCC(O)(CCc1ccccc1)C(c1ccc(COc2nc3ccc(Br)cc3cc2C(c2ccccc2)C(O)(CCC(C)C(C)CC)c2cccc3ccccc23)cc1)c1cc2cc(Br)ccc2nc1OC. The minimum atomic E-state index is -1.38. The van der Waals surface area contributed by atoms with E-state index in [1.165, 1.54) is 5.56 Å². The van der Waals surface area contributed by atoms with Gasteiger partial charge >= 0.3 is 0 Å².